The molecule has 2 heterocycles. The minimum Gasteiger partial charge on any atom is -0.479 e. The van der Waals surface area contributed by atoms with E-state index in [1.807, 2.05) is 0 Å². The fourth-order valence-electron chi connectivity index (χ4n) is 3.51. The zero-order valence-corrected chi connectivity index (χ0v) is 16.3. The van der Waals surface area contributed by atoms with Crippen molar-refractivity contribution < 1.29 is 32.3 Å². The Kier molecular flexibility index (Phi) is 5.08. The number of benzene rings is 2. The number of fused-ring (bicyclic) bond motifs is 1. The van der Waals surface area contributed by atoms with Crippen LogP contribution in [0, 0.1) is 5.92 Å². The van der Waals surface area contributed by atoms with Gasteiger partial charge in [-0.2, -0.15) is 13.2 Å². The first-order valence-corrected chi connectivity index (χ1v) is 9.52. The van der Waals surface area contributed by atoms with Crippen LogP contribution in [-0.2, 0) is 20.6 Å². The quantitative estimate of drug-likeness (QED) is 0.777. The lowest BCUT2D eigenvalue weighted by molar-refractivity contribution is -0.137. The summed E-state index contributed by atoms with van der Waals surface area (Å²) in [6.45, 7) is 1.58. The lowest BCUT2D eigenvalue weighted by atomic mass is 10.1. The lowest BCUT2D eigenvalue weighted by Gasteiger charge is -2.24. The van der Waals surface area contributed by atoms with Gasteiger partial charge in [-0.05, 0) is 43.3 Å². The summed E-state index contributed by atoms with van der Waals surface area (Å²) in [6.07, 6.45) is -5.28. The van der Waals surface area contributed by atoms with Crippen molar-refractivity contribution in [2.45, 2.75) is 25.6 Å². The van der Waals surface area contributed by atoms with E-state index >= 15 is 0 Å². The van der Waals surface area contributed by atoms with Crippen LogP contribution < -0.4 is 20.3 Å². The Morgan fingerprint density at radius 1 is 1.19 bits per heavy atom. The third-order valence-corrected chi connectivity index (χ3v) is 5.16. The first kappa shape index (κ1) is 20.7. The van der Waals surface area contributed by atoms with Crippen molar-refractivity contribution in [1.82, 2.24) is 0 Å². The Hall–Kier alpha value is -3.56. The zero-order valence-electron chi connectivity index (χ0n) is 16.3. The molecular formula is C21H18F3N3O4. The highest BCUT2D eigenvalue weighted by atomic mass is 19.4. The third kappa shape index (κ3) is 4.18. The Morgan fingerprint density at radius 3 is 2.71 bits per heavy atom. The molecule has 0 bridgehead atoms. The molecule has 10 heteroatoms. The van der Waals surface area contributed by atoms with E-state index in [0.29, 0.717) is 17.1 Å². The largest absolute Gasteiger partial charge is 0.479 e. The van der Waals surface area contributed by atoms with Crippen LogP contribution in [0.25, 0.3) is 0 Å². The molecule has 0 aliphatic carbocycles. The Morgan fingerprint density at radius 2 is 1.97 bits per heavy atom. The number of alkyl halides is 3. The fourth-order valence-corrected chi connectivity index (χ4v) is 3.51. The van der Waals surface area contributed by atoms with Gasteiger partial charge in [-0.3, -0.25) is 14.4 Å². The Bertz CT molecular complexity index is 1070. The minimum atomic E-state index is -4.53. The van der Waals surface area contributed by atoms with Crippen molar-refractivity contribution in [3.63, 3.8) is 0 Å². The van der Waals surface area contributed by atoms with Crippen molar-refractivity contribution in [2.24, 2.45) is 5.92 Å². The number of carbonyl (C=O) groups is 3. The molecule has 3 amide bonds. The molecule has 0 unspecified atom stereocenters. The SMILES string of the molecule is C[C@H]1Oc2ccc(NC(=O)[C@H]3CC(=O)N(c4cccc(C(F)(F)F)c4)C3)cc2NC1=O. The topological polar surface area (TPSA) is 87.7 Å². The molecule has 162 valence electrons. The molecule has 1 fully saturated rings. The molecule has 2 aliphatic rings. The molecule has 2 atom stereocenters. The van der Waals surface area contributed by atoms with Crippen LogP contribution in [0.4, 0.5) is 30.2 Å². The molecule has 7 nitrogen and oxygen atoms in total. The summed E-state index contributed by atoms with van der Waals surface area (Å²) in [4.78, 5) is 38.0. The van der Waals surface area contributed by atoms with Gasteiger partial charge in [-0.25, -0.2) is 0 Å². The van der Waals surface area contributed by atoms with Crippen LogP contribution in [0.3, 0.4) is 0 Å². The molecule has 1 saturated heterocycles. The molecule has 0 radical (unpaired) electrons. The number of amides is 3. The van der Waals surface area contributed by atoms with Gasteiger partial charge < -0.3 is 20.3 Å². The number of anilines is 3. The highest BCUT2D eigenvalue weighted by molar-refractivity contribution is 6.04. The van der Waals surface area contributed by atoms with E-state index in [-0.39, 0.29) is 24.6 Å². The second kappa shape index (κ2) is 7.60. The lowest BCUT2D eigenvalue weighted by Crippen LogP contribution is -2.34. The van der Waals surface area contributed by atoms with E-state index < -0.39 is 35.6 Å². The third-order valence-electron chi connectivity index (χ3n) is 5.16. The molecular weight excluding hydrogens is 415 g/mol. The smallest absolute Gasteiger partial charge is 0.416 e. The molecule has 2 aromatic carbocycles. The molecule has 0 spiro atoms. The number of carbonyl (C=O) groups excluding carboxylic acids is 3. The van der Waals surface area contributed by atoms with Gasteiger partial charge in [-0.15, -0.1) is 0 Å². The molecule has 2 N–H and O–H groups in total. The molecule has 2 aromatic rings. The predicted molar refractivity (Wildman–Crippen MR) is 106 cm³/mol. The van der Waals surface area contributed by atoms with Crippen LogP contribution in [0.2, 0.25) is 0 Å². The van der Waals surface area contributed by atoms with Gasteiger partial charge in [0.25, 0.3) is 5.91 Å². The number of hydrogen-bond donors (Lipinski definition) is 2. The maximum Gasteiger partial charge on any atom is 0.416 e. The van der Waals surface area contributed by atoms with Crippen LogP contribution in [0.5, 0.6) is 5.75 Å². The van der Waals surface area contributed by atoms with Crippen molar-refractivity contribution >= 4 is 34.8 Å². The number of rotatable bonds is 3. The normalized spacial score (nSPS) is 20.7. The standard InChI is InChI=1S/C21H18F3N3O4/c1-11-19(29)26-16-9-14(5-6-17(16)31-11)25-20(30)12-7-18(28)27(10-12)15-4-2-3-13(8-15)21(22,23)24/h2-6,8-9,11-12H,7,10H2,1H3,(H,25,30)(H,26,29)/t11-,12+/m1/s1. The molecule has 2 aliphatic heterocycles. The number of hydrogen-bond acceptors (Lipinski definition) is 4. The maximum atomic E-state index is 13.0. The summed E-state index contributed by atoms with van der Waals surface area (Å²) < 4.78 is 44.3. The predicted octanol–water partition coefficient (Wildman–Crippen LogP) is 3.42. The van der Waals surface area contributed by atoms with Gasteiger partial charge >= 0.3 is 6.18 Å². The second-order valence-corrected chi connectivity index (χ2v) is 7.40. The summed E-state index contributed by atoms with van der Waals surface area (Å²) in [6, 6.07) is 9.19. The maximum absolute atomic E-state index is 13.0. The highest BCUT2D eigenvalue weighted by Crippen LogP contribution is 2.35. The minimum absolute atomic E-state index is 0.0335. The molecule has 0 aromatic heterocycles. The van der Waals surface area contributed by atoms with Crippen LogP contribution in [0.15, 0.2) is 42.5 Å². The van der Waals surface area contributed by atoms with E-state index in [1.54, 1.807) is 25.1 Å². The van der Waals surface area contributed by atoms with Crippen molar-refractivity contribution in [3.05, 3.63) is 48.0 Å². The zero-order chi connectivity index (χ0) is 22.3. The Balaban J connectivity index is 1.46. The van der Waals surface area contributed by atoms with Gasteiger partial charge in [0.15, 0.2) is 6.10 Å². The number of nitrogens with zero attached hydrogens (tertiary/aromatic N) is 1. The summed E-state index contributed by atoms with van der Waals surface area (Å²) in [7, 11) is 0. The van der Waals surface area contributed by atoms with E-state index in [9.17, 15) is 27.6 Å². The van der Waals surface area contributed by atoms with Crippen molar-refractivity contribution in [2.75, 3.05) is 22.1 Å². The summed E-state index contributed by atoms with van der Waals surface area (Å²) in [5.74, 6) is -1.45. The van der Waals surface area contributed by atoms with E-state index in [1.165, 1.54) is 17.0 Å². The van der Waals surface area contributed by atoms with Gasteiger partial charge in [0, 0.05) is 24.3 Å². The van der Waals surface area contributed by atoms with Gasteiger partial charge in [0.05, 0.1) is 17.2 Å². The van der Waals surface area contributed by atoms with Crippen LogP contribution in [-0.4, -0.2) is 30.4 Å². The molecule has 31 heavy (non-hydrogen) atoms. The first-order valence-electron chi connectivity index (χ1n) is 9.52. The van der Waals surface area contributed by atoms with Crippen molar-refractivity contribution in [1.29, 1.82) is 0 Å². The fraction of sp³-hybridized carbons (Fsp3) is 0.286. The first-order chi connectivity index (χ1) is 14.6. The highest BCUT2D eigenvalue weighted by Gasteiger charge is 2.37. The van der Waals surface area contributed by atoms with Gasteiger partial charge in [-0.1, -0.05) is 6.07 Å². The molecule has 0 saturated carbocycles. The van der Waals surface area contributed by atoms with Gasteiger partial charge in [0.2, 0.25) is 11.8 Å². The van der Waals surface area contributed by atoms with Gasteiger partial charge in [0.1, 0.15) is 5.75 Å². The van der Waals surface area contributed by atoms with E-state index in [2.05, 4.69) is 10.6 Å². The second-order valence-electron chi connectivity index (χ2n) is 7.40. The average molecular weight is 433 g/mol. The number of halogens is 3. The van der Waals surface area contributed by atoms with Crippen LogP contribution >= 0.6 is 0 Å². The number of ether oxygens (including phenoxy) is 1. The Labute approximate surface area is 175 Å². The number of nitrogens with one attached hydrogen (secondary N) is 2. The summed E-state index contributed by atoms with van der Waals surface area (Å²) >= 11 is 0. The van der Waals surface area contributed by atoms with E-state index in [0.717, 1.165) is 12.1 Å². The van der Waals surface area contributed by atoms with Crippen molar-refractivity contribution in [3.8, 4) is 5.75 Å². The average Bonchev–Trinajstić information content (AvgIpc) is 3.10. The summed E-state index contributed by atoms with van der Waals surface area (Å²) in [5, 5.41) is 5.36. The van der Waals surface area contributed by atoms with Crippen LogP contribution in [0.1, 0.15) is 18.9 Å². The van der Waals surface area contributed by atoms with E-state index in [4.69, 9.17) is 4.74 Å². The summed E-state index contributed by atoms with van der Waals surface area (Å²) in [5.41, 5.74) is 0.0393. The molecule has 4 rings (SSSR count). The monoisotopic (exact) mass is 433 g/mol.